The van der Waals surface area contributed by atoms with E-state index in [4.69, 9.17) is 11.6 Å². The Hall–Kier alpha value is -0.0500. The minimum Gasteiger partial charge on any atom is -0.313 e. The molecule has 0 unspecified atom stereocenters. The van der Waals surface area contributed by atoms with Crippen LogP contribution in [-0.4, -0.2) is 6.54 Å². The maximum absolute atomic E-state index is 6.12. The van der Waals surface area contributed by atoms with Crippen molar-refractivity contribution < 1.29 is 0 Å². The second-order valence-electron chi connectivity index (χ2n) is 4.50. The van der Waals surface area contributed by atoms with Gasteiger partial charge in [0.25, 0.3) is 0 Å². The molecule has 16 heavy (non-hydrogen) atoms. The maximum Gasteiger partial charge on any atom is 0.0451 e. The zero-order valence-corrected chi connectivity index (χ0v) is 11.6. The lowest BCUT2D eigenvalue weighted by Gasteiger charge is -2.25. The minimum atomic E-state index is 0.847. The largest absolute Gasteiger partial charge is 0.313 e. The third kappa shape index (κ3) is 3.47. The zero-order valence-electron chi connectivity index (χ0n) is 9.31. The summed E-state index contributed by atoms with van der Waals surface area (Å²) in [6, 6.07) is 5.99. The Morgan fingerprint density at radius 3 is 2.88 bits per heavy atom. The van der Waals surface area contributed by atoms with Gasteiger partial charge in [0.1, 0.15) is 0 Å². The molecule has 0 radical (unpaired) electrons. The van der Waals surface area contributed by atoms with Gasteiger partial charge >= 0.3 is 0 Å². The molecule has 0 heterocycles. The van der Waals surface area contributed by atoms with E-state index >= 15 is 0 Å². The summed E-state index contributed by atoms with van der Waals surface area (Å²) in [6.07, 6.45) is 5.60. The van der Waals surface area contributed by atoms with Crippen molar-refractivity contribution in [3.05, 3.63) is 33.3 Å². The average Bonchev–Trinajstić information content (AvgIpc) is 2.20. The normalized spacial score (nSPS) is 16.1. The summed E-state index contributed by atoms with van der Waals surface area (Å²) in [5.74, 6) is 0.977. The van der Waals surface area contributed by atoms with Crippen LogP contribution in [-0.2, 0) is 6.54 Å². The van der Waals surface area contributed by atoms with Crippen LogP contribution in [0, 0.1) is 5.92 Å². The van der Waals surface area contributed by atoms with E-state index in [1.807, 2.05) is 12.1 Å². The summed E-state index contributed by atoms with van der Waals surface area (Å²) < 4.78 is 1.09. The first kappa shape index (κ1) is 12.4. The summed E-state index contributed by atoms with van der Waals surface area (Å²) in [5.41, 5.74) is 1.17. The van der Waals surface area contributed by atoms with Crippen LogP contribution >= 0.6 is 27.5 Å². The minimum absolute atomic E-state index is 0.847. The molecule has 0 aliphatic heterocycles. The molecule has 0 bridgehead atoms. The zero-order chi connectivity index (χ0) is 11.4. The molecule has 2 rings (SSSR count). The molecule has 0 spiro atoms. The highest BCUT2D eigenvalue weighted by molar-refractivity contribution is 9.10. The van der Waals surface area contributed by atoms with Crippen LogP contribution < -0.4 is 5.32 Å². The van der Waals surface area contributed by atoms with Gasteiger partial charge in [0.15, 0.2) is 0 Å². The summed E-state index contributed by atoms with van der Waals surface area (Å²) in [5, 5.41) is 4.31. The van der Waals surface area contributed by atoms with Gasteiger partial charge in [-0.3, -0.25) is 0 Å². The Morgan fingerprint density at radius 1 is 1.38 bits per heavy atom. The van der Waals surface area contributed by atoms with Gasteiger partial charge in [0, 0.05) is 16.0 Å². The average molecular weight is 303 g/mol. The van der Waals surface area contributed by atoms with Gasteiger partial charge in [0.05, 0.1) is 0 Å². The van der Waals surface area contributed by atoms with E-state index in [2.05, 4.69) is 27.3 Å². The van der Waals surface area contributed by atoms with Gasteiger partial charge < -0.3 is 5.32 Å². The van der Waals surface area contributed by atoms with Crippen molar-refractivity contribution in [2.75, 3.05) is 6.54 Å². The highest BCUT2D eigenvalue weighted by Gasteiger charge is 2.16. The van der Waals surface area contributed by atoms with Gasteiger partial charge in [-0.15, -0.1) is 0 Å². The fraction of sp³-hybridized carbons (Fsp3) is 0.538. The summed E-state index contributed by atoms with van der Waals surface area (Å²) >= 11 is 9.58. The number of halogens is 2. The van der Waals surface area contributed by atoms with Crippen molar-refractivity contribution in [3.63, 3.8) is 0 Å². The van der Waals surface area contributed by atoms with Crippen LogP contribution in [0.2, 0.25) is 5.02 Å². The lowest BCUT2D eigenvalue weighted by Crippen LogP contribution is -2.21. The first-order chi connectivity index (χ1) is 7.75. The first-order valence-corrected chi connectivity index (χ1v) is 7.07. The number of benzene rings is 1. The molecule has 88 valence electrons. The van der Waals surface area contributed by atoms with E-state index in [0.29, 0.717) is 0 Å². The molecule has 1 fully saturated rings. The molecule has 1 nitrogen and oxygen atoms in total. The summed E-state index contributed by atoms with van der Waals surface area (Å²) in [6.45, 7) is 1.97. The predicted molar refractivity (Wildman–Crippen MR) is 72.8 cm³/mol. The quantitative estimate of drug-likeness (QED) is 0.796. The Balaban J connectivity index is 1.73. The first-order valence-electron chi connectivity index (χ1n) is 5.90. The monoisotopic (exact) mass is 301 g/mol. The molecule has 0 amide bonds. The SMILES string of the molecule is Clc1ccc(Br)cc1CNCCC1CCC1. The third-order valence-corrected chi connectivity index (χ3v) is 4.14. The van der Waals surface area contributed by atoms with Crippen molar-refractivity contribution in [1.82, 2.24) is 5.32 Å². The second kappa shape index (κ2) is 6.04. The van der Waals surface area contributed by atoms with Crippen molar-refractivity contribution in [2.24, 2.45) is 5.92 Å². The Kier molecular flexibility index (Phi) is 4.68. The second-order valence-corrected chi connectivity index (χ2v) is 5.82. The molecule has 0 aromatic heterocycles. The molecule has 0 saturated heterocycles. The van der Waals surface area contributed by atoms with Crippen LogP contribution in [0.15, 0.2) is 22.7 Å². The van der Waals surface area contributed by atoms with Crippen LogP contribution in [0.5, 0.6) is 0 Å². The van der Waals surface area contributed by atoms with Gasteiger partial charge in [-0.1, -0.05) is 46.8 Å². The van der Waals surface area contributed by atoms with Crippen molar-refractivity contribution >= 4 is 27.5 Å². The van der Waals surface area contributed by atoms with Crippen LogP contribution in [0.4, 0.5) is 0 Å². The van der Waals surface area contributed by atoms with Crippen LogP contribution in [0.3, 0.4) is 0 Å². The van der Waals surface area contributed by atoms with E-state index in [-0.39, 0.29) is 0 Å². The molecule has 1 aromatic carbocycles. The van der Waals surface area contributed by atoms with E-state index in [1.54, 1.807) is 0 Å². The van der Waals surface area contributed by atoms with Crippen molar-refractivity contribution in [2.45, 2.75) is 32.2 Å². The molecule has 1 aromatic rings. The lowest BCUT2D eigenvalue weighted by atomic mass is 9.83. The van der Waals surface area contributed by atoms with E-state index in [0.717, 1.165) is 28.5 Å². The van der Waals surface area contributed by atoms with E-state index < -0.39 is 0 Å². The van der Waals surface area contributed by atoms with Crippen molar-refractivity contribution in [3.8, 4) is 0 Å². The topological polar surface area (TPSA) is 12.0 Å². The Labute approximate surface area is 111 Å². The highest BCUT2D eigenvalue weighted by atomic mass is 79.9. The smallest absolute Gasteiger partial charge is 0.0451 e. The highest BCUT2D eigenvalue weighted by Crippen LogP contribution is 2.28. The summed E-state index contributed by atoms with van der Waals surface area (Å²) in [7, 11) is 0. The standard InChI is InChI=1S/C13H17BrClN/c14-12-4-5-13(15)11(8-12)9-16-7-6-10-2-1-3-10/h4-5,8,10,16H,1-3,6-7,9H2. The van der Waals surface area contributed by atoms with Crippen LogP contribution in [0.25, 0.3) is 0 Å². The van der Waals surface area contributed by atoms with Gasteiger partial charge in [-0.25, -0.2) is 0 Å². The van der Waals surface area contributed by atoms with E-state index in [1.165, 1.54) is 31.2 Å². The molecule has 1 saturated carbocycles. The maximum atomic E-state index is 6.12. The number of rotatable bonds is 5. The molecule has 1 N–H and O–H groups in total. The molecule has 0 atom stereocenters. The van der Waals surface area contributed by atoms with E-state index in [9.17, 15) is 0 Å². The Bertz CT molecular complexity index is 350. The predicted octanol–water partition coefficient (Wildman–Crippen LogP) is 4.38. The number of hydrogen-bond acceptors (Lipinski definition) is 1. The van der Waals surface area contributed by atoms with Crippen molar-refractivity contribution in [1.29, 1.82) is 0 Å². The van der Waals surface area contributed by atoms with Crippen LogP contribution in [0.1, 0.15) is 31.2 Å². The molecule has 1 aliphatic rings. The fourth-order valence-corrected chi connectivity index (χ4v) is 2.58. The summed E-state index contributed by atoms with van der Waals surface area (Å²) in [4.78, 5) is 0. The fourth-order valence-electron chi connectivity index (χ4n) is 1.99. The lowest BCUT2D eigenvalue weighted by molar-refractivity contribution is 0.292. The molecular formula is C13H17BrClN. The number of nitrogens with one attached hydrogen (secondary N) is 1. The number of hydrogen-bond donors (Lipinski definition) is 1. The molecule has 3 heteroatoms. The molecule has 1 aliphatic carbocycles. The third-order valence-electron chi connectivity index (χ3n) is 3.28. The van der Waals surface area contributed by atoms with Gasteiger partial charge in [0.2, 0.25) is 0 Å². The van der Waals surface area contributed by atoms with Gasteiger partial charge in [-0.2, -0.15) is 0 Å². The molecular weight excluding hydrogens is 286 g/mol. The van der Waals surface area contributed by atoms with Gasteiger partial charge in [-0.05, 0) is 42.6 Å². The Morgan fingerprint density at radius 2 is 2.19 bits per heavy atom.